The average molecular weight is 311 g/mol. The summed E-state index contributed by atoms with van der Waals surface area (Å²) in [5, 5.41) is 2.81. The summed E-state index contributed by atoms with van der Waals surface area (Å²) in [6, 6.07) is 11.8. The van der Waals surface area contributed by atoms with Gasteiger partial charge in [-0.05, 0) is 79.7 Å². The summed E-state index contributed by atoms with van der Waals surface area (Å²) >= 11 is 0. The first kappa shape index (κ1) is 16.3. The first-order valence-electron chi connectivity index (χ1n) is 9.18. The molecule has 124 valence electrons. The molecule has 0 heterocycles. The van der Waals surface area contributed by atoms with E-state index in [0.717, 1.165) is 18.8 Å². The van der Waals surface area contributed by atoms with Gasteiger partial charge < -0.3 is 4.74 Å². The Labute approximate surface area is 140 Å². The molecular formula is C21H29NO. The van der Waals surface area contributed by atoms with Gasteiger partial charge in [-0.1, -0.05) is 32.0 Å². The predicted octanol–water partition coefficient (Wildman–Crippen LogP) is 4.83. The smallest absolute Gasteiger partial charge is 0.120 e. The Kier molecular flexibility index (Phi) is 5.22. The van der Waals surface area contributed by atoms with E-state index in [2.05, 4.69) is 56.0 Å². The van der Waals surface area contributed by atoms with E-state index in [-0.39, 0.29) is 0 Å². The van der Waals surface area contributed by atoms with Crippen LogP contribution >= 0.6 is 0 Å². The monoisotopic (exact) mass is 311 g/mol. The molecule has 2 nitrogen and oxygen atoms in total. The lowest BCUT2D eigenvalue weighted by Gasteiger charge is -2.35. The summed E-state index contributed by atoms with van der Waals surface area (Å²) in [6.45, 7) is 9.76. The van der Waals surface area contributed by atoms with E-state index in [9.17, 15) is 0 Å². The number of hydrogen-bond donors (Lipinski definition) is 0. The largest absolute Gasteiger partial charge is 0.494 e. The SMILES string of the molecule is CCCN(CCC)C1Cc2cccc3cc(OCC)cc(c23)C1. The van der Waals surface area contributed by atoms with Gasteiger partial charge in [0.15, 0.2) is 0 Å². The van der Waals surface area contributed by atoms with Gasteiger partial charge in [-0.3, -0.25) is 4.90 Å². The molecule has 0 bridgehead atoms. The fourth-order valence-corrected chi connectivity index (χ4v) is 4.04. The zero-order chi connectivity index (χ0) is 16.2. The van der Waals surface area contributed by atoms with Gasteiger partial charge in [-0.25, -0.2) is 0 Å². The van der Waals surface area contributed by atoms with Crippen molar-refractivity contribution in [3.63, 3.8) is 0 Å². The molecule has 23 heavy (non-hydrogen) atoms. The van der Waals surface area contributed by atoms with E-state index in [1.807, 2.05) is 0 Å². The lowest BCUT2D eigenvalue weighted by molar-refractivity contribution is 0.191. The normalized spacial score (nSPS) is 17.0. The Morgan fingerprint density at radius 1 is 1.00 bits per heavy atom. The quantitative estimate of drug-likeness (QED) is 0.726. The van der Waals surface area contributed by atoms with Gasteiger partial charge in [-0.15, -0.1) is 0 Å². The molecule has 2 aromatic carbocycles. The first-order valence-corrected chi connectivity index (χ1v) is 9.18. The molecule has 0 radical (unpaired) electrons. The molecule has 0 spiro atoms. The van der Waals surface area contributed by atoms with E-state index < -0.39 is 0 Å². The highest BCUT2D eigenvalue weighted by Crippen LogP contribution is 2.34. The van der Waals surface area contributed by atoms with E-state index >= 15 is 0 Å². The van der Waals surface area contributed by atoms with Crippen molar-refractivity contribution in [2.45, 2.75) is 52.5 Å². The van der Waals surface area contributed by atoms with Crippen LogP contribution in [0.5, 0.6) is 5.75 Å². The lowest BCUT2D eigenvalue weighted by Crippen LogP contribution is -2.41. The predicted molar refractivity (Wildman–Crippen MR) is 98.5 cm³/mol. The van der Waals surface area contributed by atoms with Crippen LogP contribution < -0.4 is 4.74 Å². The zero-order valence-electron chi connectivity index (χ0n) is 14.8. The summed E-state index contributed by atoms with van der Waals surface area (Å²) in [5.41, 5.74) is 2.98. The highest BCUT2D eigenvalue weighted by atomic mass is 16.5. The van der Waals surface area contributed by atoms with E-state index in [4.69, 9.17) is 4.74 Å². The number of hydrogen-bond acceptors (Lipinski definition) is 2. The minimum atomic E-state index is 0.630. The highest BCUT2D eigenvalue weighted by Gasteiger charge is 2.25. The third-order valence-electron chi connectivity index (χ3n) is 4.88. The van der Waals surface area contributed by atoms with E-state index in [1.54, 1.807) is 0 Å². The van der Waals surface area contributed by atoms with Crippen molar-refractivity contribution in [3.05, 3.63) is 41.5 Å². The molecule has 1 aliphatic carbocycles. The molecule has 1 atom stereocenters. The number of benzene rings is 2. The summed E-state index contributed by atoms with van der Waals surface area (Å²) < 4.78 is 5.80. The molecule has 0 aromatic heterocycles. The van der Waals surface area contributed by atoms with Crippen LogP contribution in [0.2, 0.25) is 0 Å². The van der Waals surface area contributed by atoms with E-state index in [0.29, 0.717) is 6.04 Å². The molecule has 0 aliphatic heterocycles. The molecule has 0 saturated heterocycles. The highest BCUT2D eigenvalue weighted by molar-refractivity contribution is 5.91. The maximum atomic E-state index is 5.80. The summed E-state index contributed by atoms with van der Waals surface area (Å²) in [6.07, 6.45) is 4.78. The molecule has 0 fully saturated rings. The van der Waals surface area contributed by atoms with Gasteiger partial charge in [0, 0.05) is 6.04 Å². The van der Waals surface area contributed by atoms with Crippen molar-refractivity contribution >= 4 is 10.8 Å². The third-order valence-corrected chi connectivity index (χ3v) is 4.88. The van der Waals surface area contributed by atoms with Gasteiger partial charge >= 0.3 is 0 Å². The fourth-order valence-electron chi connectivity index (χ4n) is 4.04. The molecule has 3 rings (SSSR count). The van der Waals surface area contributed by atoms with Crippen LogP contribution in [0.3, 0.4) is 0 Å². The molecule has 0 saturated carbocycles. The van der Waals surface area contributed by atoms with Gasteiger partial charge in [0.25, 0.3) is 0 Å². The van der Waals surface area contributed by atoms with Crippen LogP contribution in [0.1, 0.15) is 44.7 Å². The molecule has 2 heteroatoms. The van der Waals surface area contributed by atoms with Crippen LogP contribution in [0.25, 0.3) is 10.8 Å². The second-order valence-electron chi connectivity index (χ2n) is 6.63. The van der Waals surface area contributed by atoms with E-state index in [1.165, 1.54) is 54.3 Å². The molecule has 1 aliphatic rings. The van der Waals surface area contributed by atoms with Crippen LogP contribution in [-0.4, -0.2) is 30.6 Å². The first-order chi connectivity index (χ1) is 11.3. The average Bonchev–Trinajstić information content (AvgIpc) is 2.55. The van der Waals surface area contributed by atoms with Gasteiger partial charge in [0.05, 0.1) is 6.61 Å². The maximum absolute atomic E-state index is 5.80. The third kappa shape index (κ3) is 3.37. The Morgan fingerprint density at radius 2 is 1.74 bits per heavy atom. The van der Waals surface area contributed by atoms with Crippen LogP contribution in [0.4, 0.5) is 0 Å². The second kappa shape index (κ2) is 7.35. The van der Waals surface area contributed by atoms with Crippen molar-refractivity contribution in [3.8, 4) is 5.75 Å². The summed E-state index contributed by atoms with van der Waals surface area (Å²) in [5.74, 6) is 1.02. The Morgan fingerprint density at radius 3 is 2.43 bits per heavy atom. The van der Waals surface area contributed by atoms with Crippen LogP contribution in [0.15, 0.2) is 30.3 Å². The Balaban J connectivity index is 1.97. The van der Waals surface area contributed by atoms with Crippen molar-refractivity contribution in [2.75, 3.05) is 19.7 Å². The van der Waals surface area contributed by atoms with Crippen LogP contribution in [0, 0.1) is 0 Å². The topological polar surface area (TPSA) is 12.5 Å². The van der Waals surface area contributed by atoms with Crippen molar-refractivity contribution in [1.82, 2.24) is 4.90 Å². The molecule has 0 N–H and O–H groups in total. The molecular weight excluding hydrogens is 282 g/mol. The molecule has 1 unspecified atom stereocenters. The number of rotatable bonds is 7. The lowest BCUT2D eigenvalue weighted by atomic mass is 9.84. The van der Waals surface area contributed by atoms with Crippen molar-refractivity contribution in [1.29, 1.82) is 0 Å². The standard InChI is InChI=1S/C21H29NO/c1-4-10-22(11-5-2)19-12-16-8-7-9-17-14-20(23-6-3)15-18(13-19)21(16)17/h7-9,14-15,19H,4-6,10-13H2,1-3H3. The fraction of sp³-hybridized carbons (Fsp3) is 0.524. The minimum absolute atomic E-state index is 0.630. The Hall–Kier alpha value is -1.54. The second-order valence-corrected chi connectivity index (χ2v) is 6.63. The zero-order valence-corrected chi connectivity index (χ0v) is 14.8. The van der Waals surface area contributed by atoms with Crippen LogP contribution in [-0.2, 0) is 12.8 Å². The Bertz CT molecular complexity index is 658. The summed E-state index contributed by atoms with van der Waals surface area (Å²) in [7, 11) is 0. The van der Waals surface area contributed by atoms with Gasteiger partial charge in [-0.2, -0.15) is 0 Å². The molecule has 0 amide bonds. The van der Waals surface area contributed by atoms with Gasteiger partial charge in [0.1, 0.15) is 5.75 Å². The summed E-state index contributed by atoms with van der Waals surface area (Å²) in [4.78, 5) is 2.69. The number of nitrogens with zero attached hydrogens (tertiary/aromatic N) is 1. The maximum Gasteiger partial charge on any atom is 0.120 e. The van der Waals surface area contributed by atoms with Gasteiger partial charge in [0.2, 0.25) is 0 Å². The van der Waals surface area contributed by atoms with Crippen molar-refractivity contribution < 1.29 is 4.74 Å². The van der Waals surface area contributed by atoms with Crippen molar-refractivity contribution in [2.24, 2.45) is 0 Å². The number of ether oxygens (including phenoxy) is 1. The molecule has 2 aromatic rings. The minimum Gasteiger partial charge on any atom is -0.494 e.